The number of amides is 2. The molecule has 0 heterocycles. The Kier molecular flexibility index (Phi) is 6.28. The summed E-state index contributed by atoms with van der Waals surface area (Å²) < 4.78 is 0. The Morgan fingerprint density at radius 3 is 2.58 bits per heavy atom. The number of carbonyl (C=O) groups is 4. The second-order valence-corrected chi connectivity index (χ2v) is 6.14. The van der Waals surface area contributed by atoms with Gasteiger partial charge in [-0.05, 0) is 30.8 Å². The van der Waals surface area contributed by atoms with E-state index in [1.165, 1.54) is 0 Å². The van der Waals surface area contributed by atoms with E-state index in [4.69, 9.17) is 0 Å². The molecule has 0 aromatic heterocycles. The van der Waals surface area contributed by atoms with Crippen molar-refractivity contribution in [1.29, 1.82) is 0 Å². The molecule has 1 fully saturated rings. The van der Waals surface area contributed by atoms with Crippen LogP contribution >= 0.6 is 0 Å². The zero-order valence-electron chi connectivity index (χ0n) is 13.4. The third-order valence-electron chi connectivity index (χ3n) is 4.11. The summed E-state index contributed by atoms with van der Waals surface area (Å²) in [5.41, 5.74) is 0.602. The summed E-state index contributed by atoms with van der Waals surface area (Å²) in [6.07, 6.45) is 9.73. The molecule has 2 aliphatic carbocycles. The molecule has 0 aromatic rings. The van der Waals surface area contributed by atoms with Crippen molar-refractivity contribution in [3.63, 3.8) is 0 Å². The fraction of sp³-hybridized carbons (Fsp3) is 0.529. The number of aliphatic carboxylic acids is 1. The molecular weight excluding hydrogens is 312 g/mol. The lowest BCUT2D eigenvalue weighted by molar-refractivity contribution is -0.141. The Labute approximate surface area is 140 Å². The van der Waals surface area contributed by atoms with Crippen LogP contribution in [0.1, 0.15) is 38.5 Å². The van der Waals surface area contributed by atoms with Crippen LogP contribution in [-0.2, 0) is 19.2 Å². The van der Waals surface area contributed by atoms with Gasteiger partial charge in [0, 0.05) is 6.42 Å². The molecule has 2 rings (SSSR count). The van der Waals surface area contributed by atoms with Crippen LogP contribution in [0.15, 0.2) is 23.8 Å². The highest BCUT2D eigenvalue weighted by atomic mass is 16.4. The van der Waals surface area contributed by atoms with Gasteiger partial charge in [-0.3, -0.25) is 14.4 Å². The highest BCUT2D eigenvalue weighted by molar-refractivity contribution is 6.36. The number of carboxylic acids is 1. The molecule has 0 aliphatic heterocycles. The summed E-state index contributed by atoms with van der Waals surface area (Å²) >= 11 is 0. The van der Waals surface area contributed by atoms with Crippen molar-refractivity contribution in [3.05, 3.63) is 23.8 Å². The molecule has 0 spiro atoms. The molecule has 0 bridgehead atoms. The summed E-state index contributed by atoms with van der Waals surface area (Å²) in [6.45, 7) is -0.416. The normalized spacial score (nSPS) is 17.6. The van der Waals surface area contributed by atoms with E-state index in [0.717, 1.165) is 19.3 Å². The predicted molar refractivity (Wildman–Crippen MR) is 86.0 cm³/mol. The van der Waals surface area contributed by atoms with Gasteiger partial charge in [0.2, 0.25) is 11.7 Å². The second kappa shape index (κ2) is 8.42. The number of nitrogens with one attached hydrogen (secondary N) is 2. The standard InChI is InChI=1S/C17H22N2O5/c20-13(9-8-11-6-7-11)16(22)18-10-14(21)19-15(17(23)24)12-4-2-1-3-5-12/h1-2,4,11,15H,3,5-10H2,(H,18,22)(H,19,21)(H,23,24). The van der Waals surface area contributed by atoms with Gasteiger partial charge >= 0.3 is 5.97 Å². The third-order valence-corrected chi connectivity index (χ3v) is 4.11. The second-order valence-electron chi connectivity index (χ2n) is 6.14. The van der Waals surface area contributed by atoms with Crippen LogP contribution < -0.4 is 10.6 Å². The molecule has 7 nitrogen and oxygen atoms in total. The zero-order valence-corrected chi connectivity index (χ0v) is 13.4. The first kappa shape index (κ1) is 17.9. The van der Waals surface area contributed by atoms with Gasteiger partial charge in [-0.1, -0.05) is 31.1 Å². The van der Waals surface area contributed by atoms with Crippen molar-refractivity contribution in [3.8, 4) is 0 Å². The largest absolute Gasteiger partial charge is 0.479 e. The predicted octanol–water partition coefficient (Wildman–Crippen LogP) is 0.708. The van der Waals surface area contributed by atoms with Gasteiger partial charge in [0.25, 0.3) is 5.91 Å². The molecule has 1 unspecified atom stereocenters. The molecule has 2 aliphatic rings. The molecule has 1 atom stereocenters. The van der Waals surface area contributed by atoms with Crippen molar-refractivity contribution in [2.24, 2.45) is 5.92 Å². The molecule has 130 valence electrons. The zero-order chi connectivity index (χ0) is 17.5. The van der Waals surface area contributed by atoms with Crippen molar-refractivity contribution < 1.29 is 24.3 Å². The van der Waals surface area contributed by atoms with E-state index >= 15 is 0 Å². The maximum absolute atomic E-state index is 11.9. The number of allylic oxidation sites excluding steroid dienone is 3. The van der Waals surface area contributed by atoms with Crippen LogP contribution in [0.2, 0.25) is 0 Å². The highest BCUT2D eigenvalue weighted by Crippen LogP contribution is 2.33. The number of hydrogen-bond acceptors (Lipinski definition) is 4. The smallest absolute Gasteiger partial charge is 0.330 e. The molecule has 0 saturated heterocycles. The average molecular weight is 334 g/mol. The van der Waals surface area contributed by atoms with E-state index in [-0.39, 0.29) is 6.42 Å². The summed E-state index contributed by atoms with van der Waals surface area (Å²) in [7, 11) is 0. The minimum absolute atomic E-state index is 0.190. The van der Waals surface area contributed by atoms with Gasteiger partial charge < -0.3 is 15.7 Å². The van der Waals surface area contributed by atoms with Gasteiger partial charge in [-0.15, -0.1) is 0 Å². The van der Waals surface area contributed by atoms with Crippen LogP contribution in [-0.4, -0.2) is 41.3 Å². The van der Waals surface area contributed by atoms with E-state index in [1.807, 2.05) is 6.08 Å². The summed E-state index contributed by atoms with van der Waals surface area (Å²) in [4.78, 5) is 46.4. The minimum atomic E-state index is -1.16. The lowest BCUT2D eigenvalue weighted by atomic mass is 9.98. The van der Waals surface area contributed by atoms with E-state index < -0.39 is 36.2 Å². The highest BCUT2D eigenvalue weighted by Gasteiger charge is 2.26. The van der Waals surface area contributed by atoms with Crippen LogP contribution in [0.5, 0.6) is 0 Å². The Balaban J connectivity index is 1.76. The lowest BCUT2D eigenvalue weighted by Crippen LogP contribution is -2.47. The monoisotopic (exact) mass is 334 g/mol. The number of carbonyl (C=O) groups excluding carboxylic acids is 3. The number of rotatable bonds is 9. The first-order valence-corrected chi connectivity index (χ1v) is 8.16. The maximum atomic E-state index is 11.9. The van der Waals surface area contributed by atoms with Gasteiger partial charge in [-0.25, -0.2) is 4.79 Å². The van der Waals surface area contributed by atoms with E-state index in [1.54, 1.807) is 12.2 Å². The van der Waals surface area contributed by atoms with Crippen LogP contribution in [0, 0.1) is 5.92 Å². The summed E-state index contributed by atoms with van der Waals surface area (Å²) in [5.74, 6) is -2.57. The Bertz CT molecular complexity index is 590. The molecule has 0 aromatic carbocycles. The number of ketones is 1. The topological polar surface area (TPSA) is 113 Å². The molecule has 2 amide bonds. The summed E-state index contributed by atoms with van der Waals surface area (Å²) in [6, 6.07) is -1.12. The lowest BCUT2D eigenvalue weighted by Gasteiger charge is -2.19. The first-order valence-electron chi connectivity index (χ1n) is 8.16. The maximum Gasteiger partial charge on any atom is 0.330 e. The molecule has 7 heteroatoms. The van der Waals surface area contributed by atoms with E-state index in [9.17, 15) is 24.3 Å². The first-order chi connectivity index (χ1) is 11.5. The molecule has 24 heavy (non-hydrogen) atoms. The molecular formula is C17H22N2O5. The molecule has 3 N–H and O–H groups in total. The van der Waals surface area contributed by atoms with Crippen LogP contribution in [0.4, 0.5) is 0 Å². The van der Waals surface area contributed by atoms with Crippen molar-refractivity contribution >= 4 is 23.6 Å². The Morgan fingerprint density at radius 2 is 2.00 bits per heavy atom. The number of Topliss-reactive ketones (excluding diaryl/α,β-unsaturated/α-hetero) is 1. The fourth-order valence-corrected chi connectivity index (χ4v) is 2.50. The van der Waals surface area contributed by atoms with Crippen molar-refractivity contribution in [2.75, 3.05) is 6.54 Å². The molecule has 1 saturated carbocycles. The van der Waals surface area contributed by atoms with Crippen molar-refractivity contribution in [1.82, 2.24) is 10.6 Å². The minimum Gasteiger partial charge on any atom is -0.479 e. The van der Waals surface area contributed by atoms with Gasteiger partial charge in [-0.2, -0.15) is 0 Å². The van der Waals surface area contributed by atoms with Gasteiger partial charge in [0.05, 0.1) is 6.54 Å². The fourth-order valence-electron chi connectivity index (χ4n) is 2.50. The van der Waals surface area contributed by atoms with Gasteiger partial charge in [0.1, 0.15) is 6.04 Å². The summed E-state index contributed by atoms with van der Waals surface area (Å²) in [5, 5.41) is 13.9. The quantitative estimate of drug-likeness (QED) is 0.538. The van der Waals surface area contributed by atoms with E-state index in [0.29, 0.717) is 24.3 Å². The Morgan fingerprint density at radius 1 is 1.25 bits per heavy atom. The van der Waals surface area contributed by atoms with Crippen molar-refractivity contribution in [2.45, 2.75) is 44.6 Å². The van der Waals surface area contributed by atoms with Gasteiger partial charge in [0.15, 0.2) is 0 Å². The number of carboxylic acid groups (broad SMARTS) is 1. The average Bonchev–Trinajstić information content (AvgIpc) is 3.40. The molecule has 0 radical (unpaired) electrons. The van der Waals surface area contributed by atoms with Crippen LogP contribution in [0.3, 0.4) is 0 Å². The Hall–Kier alpha value is -2.44. The SMILES string of the molecule is O=C(CNC(=O)C(=O)CCC1CC1)NC(C(=O)O)C1=CC=CCC1. The van der Waals surface area contributed by atoms with E-state index in [2.05, 4.69) is 10.6 Å². The third kappa shape index (κ3) is 5.64. The number of hydrogen-bond donors (Lipinski definition) is 3. The van der Waals surface area contributed by atoms with Crippen LogP contribution in [0.25, 0.3) is 0 Å².